The van der Waals surface area contributed by atoms with Crippen LogP contribution in [0.3, 0.4) is 0 Å². The van der Waals surface area contributed by atoms with E-state index in [2.05, 4.69) is 10.3 Å². The second-order valence-electron chi connectivity index (χ2n) is 8.52. The molecule has 0 unspecified atom stereocenters. The molecule has 0 bridgehead atoms. The first-order valence-corrected chi connectivity index (χ1v) is 9.77. The number of nitrogens with zero attached hydrogens (tertiary/aromatic N) is 1. The van der Waals surface area contributed by atoms with Gasteiger partial charge in [0.25, 0.3) is 11.8 Å². The number of aromatic nitrogens is 1. The maximum atomic E-state index is 14.4. The predicted molar refractivity (Wildman–Crippen MR) is 110 cm³/mol. The van der Waals surface area contributed by atoms with Crippen molar-refractivity contribution < 1.29 is 27.8 Å². The summed E-state index contributed by atoms with van der Waals surface area (Å²) in [6, 6.07) is 5.28. The zero-order valence-corrected chi connectivity index (χ0v) is 17.7. The van der Waals surface area contributed by atoms with Gasteiger partial charge in [0.1, 0.15) is 11.8 Å². The minimum atomic E-state index is -1.11. The zero-order chi connectivity index (χ0) is 22.9. The van der Waals surface area contributed by atoms with E-state index in [-0.39, 0.29) is 23.0 Å². The van der Waals surface area contributed by atoms with Crippen LogP contribution in [-0.4, -0.2) is 36.1 Å². The number of nitrogens with two attached hydrogens (primary N) is 1. The van der Waals surface area contributed by atoms with E-state index in [1.807, 2.05) is 20.8 Å². The molecule has 1 aliphatic heterocycles. The summed E-state index contributed by atoms with van der Waals surface area (Å²) in [7, 11) is 1.25. The Balaban J connectivity index is 1.96. The third kappa shape index (κ3) is 4.66. The van der Waals surface area contributed by atoms with Gasteiger partial charge in [-0.15, -0.1) is 0 Å². The molecule has 0 spiro atoms. The molecule has 1 saturated heterocycles. The SMILES string of the molecule is COc1c([C@H]2C[C@@H](C(C)(C)C)O[C@H]2C(=O)Nc2ccnc(C(N)=O)c2)ccc(F)c1F. The molecule has 2 aromatic rings. The third-order valence-electron chi connectivity index (χ3n) is 5.33. The number of halogens is 2. The van der Waals surface area contributed by atoms with Gasteiger partial charge in [0.2, 0.25) is 5.82 Å². The maximum absolute atomic E-state index is 14.4. The van der Waals surface area contributed by atoms with Gasteiger partial charge in [0.05, 0.1) is 13.2 Å². The number of hydrogen-bond acceptors (Lipinski definition) is 5. The minimum Gasteiger partial charge on any atom is -0.493 e. The number of pyridine rings is 1. The lowest BCUT2D eigenvalue weighted by molar-refractivity contribution is -0.129. The number of carbonyl (C=O) groups excluding carboxylic acids is 2. The Morgan fingerprint density at radius 2 is 1.97 bits per heavy atom. The van der Waals surface area contributed by atoms with Crippen molar-refractivity contribution in [3.05, 3.63) is 53.4 Å². The highest BCUT2D eigenvalue weighted by molar-refractivity contribution is 5.97. The molecule has 3 atom stereocenters. The van der Waals surface area contributed by atoms with Crippen LogP contribution in [-0.2, 0) is 9.53 Å². The standard InChI is InChI=1S/C22H25F2N3O4/c1-22(2,3)16-10-13(12-5-6-14(23)17(24)18(12)30-4)19(31-16)21(29)27-11-7-8-26-15(9-11)20(25)28/h5-9,13,16,19H,10H2,1-4H3,(H2,25,28)(H,26,27,29)/t13-,16+,19-/m1/s1. The van der Waals surface area contributed by atoms with Crippen LogP contribution >= 0.6 is 0 Å². The van der Waals surface area contributed by atoms with Crippen molar-refractivity contribution >= 4 is 17.5 Å². The number of ether oxygens (including phenoxy) is 2. The summed E-state index contributed by atoms with van der Waals surface area (Å²) < 4.78 is 39.3. The van der Waals surface area contributed by atoms with E-state index in [4.69, 9.17) is 15.2 Å². The van der Waals surface area contributed by atoms with Crippen LogP contribution in [0.25, 0.3) is 0 Å². The van der Waals surface area contributed by atoms with Crippen molar-refractivity contribution in [2.45, 2.75) is 45.3 Å². The Hall–Kier alpha value is -3.07. The molecule has 7 nitrogen and oxygen atoms in total. The molecule has 1 aromatic heterocycles. The van der Waals surface area contributed by atoms with Gasteiger partial charge in [-0.2, -0.15) is 4.39 Å². The molecule has 0 saturated carbocycles. The number of rotatable bonds is 5. The highest BCUT2D eigenvalue weighted by Crippen LogP contribution is 2.45. The van der Waals surface area contributed by atoms with E-state index in [1.165, 1.54) is 31.5 Å². The average Bonchev–Trinajstić information content (AvgIpc) is 3.16. The lowest BCUT2D eigenvalue weighted by Crippen LogP contribution is -2.34. The van der Waals surface area contributed by atoms with Crippen LogP contribution < -0.4 is 15.8 Å². The van der Waals surface area contributed by atoms with Gasteiger partial charge in [-0.3, -0.25) is 14.6 Å². The maximum Gasteiger partial charge on any atom is 0.267 e. The highest BCUT2D eigenvalue weighted by atomic mass is 19.2. The molecule has 2 amide bonds. The number of methoxy groups -OCH3 is 1. The van der Waals surface area contributed by atoms with E-state index in [0.29, 0.717) is 17.7 Å². The topological polar surface area (TPSA) is 104 Å². The Labute approximate surface area is 178 Å². The summed E-state index contributed by atoms with van der Waals surface area (Å²) >= 11 is 0. The first kappa shape index (κ1) is 22.6. The number of benzene rings is 1. The number of nitrogens with one attached hydrogen (secondary N) is 1. The van der Waals surface area contributed by atoms with Crippen molar-refractivity contribution in [1.29, 1.82) is 0 Å². The van der Waals surface area contributed by atoms with Gasteiger partial charge in [-0.25, -0.2) is 4.39 Å². The summed E-state index contributed by atoms with van der Waals surface area (Å²) in [6.07, 6.45) is 0.447. The summed E-state index contributed by atoms with van der Waals surface area (Å²) in [4.78, 5) is 28.3. The second kappa shape index (κ2) is 8.58. The first-order valence-electron chi connectivity index (χ1n) is 9.77. The summed E-state index contributed by atoms with van der Waals surface area (Å²) in [5, 5.41) is 2.69. The average molecular weight is 433 g/mol. The summed E-state index contributed by atoms with van der Waals surface area (Å²) in [6.45, 7) is 5.92. The van der Waals surface area contributed by atoms with Gasteiger partial charge >= 0.3 is 0 Å². The van der Waals surface area contributed by atoms with Gasteiger partial charge < -0.3 is 20.5 Å². The van der Waals surface area contributed by atoms with E-state index in [1.54, 1.807) is 0 Å². The van der Waals surface area contributed by atoms with Crippen molar-refractivity contribution in [2.75, 3.05) is 12.4 Å². The van der Waals surface area contributed by atoms with Crippen LogP contribution in [0.5, 0.6) is 5.75 Å². The smallest absolute Gasteiger partial charge is 0.267 e. The van der Waals surface area contributed by atoms with Crippen LogP contribution in [0.2, 0.25) is 0 Å². The normalized spacial score (nSPS) is 21.0. The van der Waals surface area contributed by atoms with Crippen LogP contribution in [0.1, 0.15) is 49.2 Å². The van der Waals surface area contributed by atoms with Crippen LogP contribution in [0.4, 0.5) is 14.5 Å². The lowest BCUT2D eigenvalue weighted by Gasteiger charge is -2.26. The fourth-order valence-electron chi connectivity index (χ4n) is 3.68. The first-order chi connectivity index (χ1) is 14.5. The molecule has 9 heteroatoms. The molecule has 31 heavy (non-hydrogen) atoms. The van der Waals surface area contributed by atoms with E-state index in [9.17, 15) is 18.4 Å². The third-order valence-corrected chi connectivity index (χ3v) is 5.33. The molecule has 2 heterocycles. The number of carbonyl (C=O) groups is 2. The molecule has 0 aliphatic carbocycles. The van der Waals surface area contributed by atoms with Crippen molar-refractivity contribution in [3.8, 4) is 5.75 Å². The summed E-state index contributed by atoms with van der Waals surface area (Å²) in [5.74, 6) is -4.20. The fourth-order valence-corrected chi connectivity index (χ4v) is 3.68. The summed E-state index contributed by atoms with van der Waals surface area (Å²) in [5.41, 5.74) is 5.60. The Morgan fingerprint density at radius 3 is 2.58 bits per heavy atom. The largest absolute Gasteiger partial charge is 0.493 e. The van der Waals surface area contributed by atoms with Crippen molar-refractivity contribution in [2.24, 2.45) is 11.1 Å². The minimum absolute atomic E-state index is 0.00321. The number of hydrogen-bond donors (Lipinski definition) is 2. The Morgan fingerprint density at radius 1 is 1.26 bits per heavy atom. The monoisotopic (exact) mass is 433 g/mol. The molecular weight excluding hydrogens is 408 g/mol. The number of amides is 2. The van der Waals surface area contributed by atoms with Crippen molar-refractivity contribution in [1.82, 2.24) is 4.98 Å². The van der Waals surface area contributed by atoms with E-state index in [0.717, 1.165) is 6.07 Å². The number of primary amides is 1. The van der Waals surface area contributed by atoms with Crippen LogP contribution in [0, 0.1) is 17.0 Å². The predicted octanol–water partition coefficient (Wildman–Crippen LogP) is 3.39. The van der Waals surface area contributed by atoms with E-state index >= 15 is 0 Å². The number of anilines is 1. The van der Waals surface area contributed by atoms with Gasteiger partial charge in [-0.05, 0) is 30.0 Å². The highest BCUT2D eigenvalue weighted by Gasteiger charge is 2.46. The van der Waals surface area contributed by atoms with Gasteiger partial charge in [-0.1, -0.05) is 26.8 Å². The molecule has 1 fully saturated rings. The Kier molecular flexibility index (Phi) is 6.26. The van der Waals surface area contributed by atoms with Gasteiger partial charge in [0.15, 0.2) is 11.6 Å². The van der Waals surface area contributed by atoms with E-state index < -0.39 is 35.5 Å². The molecule has 166 valence electrons. The molecule has 1 aromatic carbocycles. The van der Waals surface area contributed by atoms with Crippen molar-refractivity contribution in [3.63, 3.8) is 0 Å². The molecule has 3 rings (SSSR count). The Bertz CT molecular complexity index is 1010. The van der Waals surface area contributed by atoms with Crippen LogP contribution in [0.15, 0.2) is 30.5 Å². The molecule has 3 N–H and O–H groups in total. The zero-order valence-electron chi connectivity index (χ0n) is 17.7. The molecular formula is C22H25F2N3O4. The second-order valence-corrected chi connectivity index (χ2v) is 8.52. The quantitative estimate of drug-likeness (QED) is 0.752. The molecule has 0 radical (unpaired) electrons. The van der Waals surface area contributed by atoms with Gasteiger partial charge in [0, 0.05) is 23.4 Å². The fraction of sp³-hybridized carbons (Fsp3) is 0.409. The molecule has 1 aliphatic rings. The lowest BCUT2D eigenvalue weighted by atomic mass is 9.82.